The van der Waals surface area contributed by atoms with Gasteiger partial charge in [-0.25, -0.2) is 9.48 Å². The van der Waals surface area contributed by atoms with Gasteiger partial charge in [0.05, 0.1) is 23.2 Å². The first-order valence-electron chi connectivity index (χ1n) is 11.5. The monoisotopic (exact) mass is 500 g/mol. The molecule has 9 nitrogen and oxygen atoms in total. The summed E-state index contributed by atoms with van der Waals surface area (Å²) in [5.41, 5.74) is 1.51. The van der Waals surface area contributed by atoms with Crippen LogP contribution in [0.4, 0.5) is 13.2 Å². The van der Waals surface area contributed by atoms with E-state index in [2.05, 4.69) is 20.4 Å². The first kappa shape index (κ1) is 23.9. The number of amides is 1. The number of carbonyl (C=O) groups excluding carboxylic acids is 2. The lowest BCUT2D eigenvalue weighted by Crippen LogP contribution is -2.49. The van der Waals surface area contributed by atoms with E-state index in [-0.39, 0.29) is 36.5 Å². The number of ether oxygens (including phenoxy) is 1. The minimum absolute atomic E-state index is 0.000470. The third kappa shape index (κ3) is 5.08. The van der Waals surface area contributed by atoms with Crippen molar-refractivity contribution in [2.45, 2.75) is 25.6 Å². The Balaban J connectivity index is 1.14. The third-order valence-electron chi connectivity index (χ3n) is 6.54. The molecule has 0 aliphatic carbocycles. The lowest BCUT2D eigenvalue weighted by molar-refractivity contribution is -0.138. The number of hydrogen-bond donors (Lipinski definition) is 0. The number of piperazine rings is 1. The molecule has 0 N–H and O–H groups in total. The number of cyclic esters (lactones) is 1. The predicted octanol–water partition coefficient (Wildman–Crippen LogP) is 2.28. The highest BCUT2D eigenvalue weighted by atomic mass is 19.4. The van der Waals surface area contributed by atoms with Gasteiger partial charge in [-0.3, -0.25) is 9.69 Å². The van der Waals surface area contributed by atoms with Gasteiger partial charge in [0.2, 0.25) is 5.91 Å². The van der Waals surface area contributed by atoms with Crippen molar-refractivity contribution < 1.29 is 27.5 Å². The van der Waals surface area contributed by atoms with Crippen LogP contribution in [0.25, 0.3) is 5.69 Å². The van der Waals surface area contributed by atoms with Crippen molar-refractivity contribution in [1.82, 2.24) is 30.0 Å². The molecule has 0 saturated carbocycles. The number of carbonyl (C=O) groups is 2. The Bertz CT molecular complexity index is 1250. The Morgan fingerprint density at radius 1 is 1.06 bits per heavy atom. The van der Waals surface area contributed by atoms with Crippen molar-refractivity contribution in [2.75, 3.05) is 32.7 Å². The fourth-order valence-electron chi connectivity index (χ4n) is 4.53. The zero-order chi connectivity index (χ0) is 25.3. The van der Waals surface area contributed by atoms with Crippen LogP contribution in [0.2, 0.25) is 0 Å². The third-order valence-corrected chi connectivity index (χ3v) is 6.54. The lowest BCUT2D eigenvalue weighted by atomic mass is 9.97. The Morgan fingerprint density at radius 3 is 2.47 bits per heavy atom. The molecule has 2 aliphatic heterocycles. The summed E-state index contributed by atoms with van der Waals surface area (Å²) in [7, 11) is 0. The van der Waals surface area contributed by atoms with Crippen molar-refractivity contribution in [3.63, 3.8) is 0 Å². The molecule has 3 aromatic rings. The van der Waals surface area contributed by atoms with Crippen LogP contribution in [-0.2, 0) is 35.2 Å². The number of fused-ring (bicyclic) bond motifs is 1. The summed E-state index contributed by atoms with van der Waals surface area (Å²) < 4.78 is 47.2. The summed E-state index contributed by atoms with van der Waals surface area (Å²) in [5.74, 6) is -0.709. The summed E-state index contributed by atoms with van der Waals surface area (Å²) in [6.07, 6.45) is -2.61. The van der Waals surface area contributed by atoms with Crippen LogP contribution in [0.3, 0.4) is 0 Å². The average molecular weight is 500 g/mol. The van der Waals surface area contributed by atoms with E-state index in [1.807, 2.05) is 24.3 Å². The van der Waals surface area contributed by atoms with Crippen LogP contribution in [0.1, 0.15) is 32.6 Å². The standard InChI is InChI=1S/C24H23F3N6O3/c25-24(26,27)21-13-20-18(14-36-23(20)35)12-17(21)5-6-31-7-9-32(10-8-31)22(34)11-16-1-3-19(4-2-16)33-15-28-29-30-33/h1-4,12-13,15H,5-11,14H2. The topological polar surface area (TPSA) is 93.5 Å². The molecule has 1 fully saturated rings. The second kappa shape index (κ2) is 9.69. The zero-order valence-electron chi connectivity index (χ0n) is 19.2. The summed E-state index contributed by atoms with van der Waals surface area (Å²) in [6.45, 7) is 2.62. The van der Waals surface area contributed by atoms with Crippen LogP contribution < -0.4 is 0 Å². The molecule has 0 spiro atoms. The molecule has 5 rings (SSSR count). The van der Waals surface area contributed by atoms with E-state index in [0.29, 0.717) is 38.3 Å². The van der Waals surface area contributed by atoms with Crippen molar-refractivity contribution in [2.24, 2.45) is 0 Å². The van der Waals surface area contributed by atoms with Crippen LogP contribution in [0, 0.1) is 0 Å². The maximum absolute atomic E-state index is 13.6. The number of benzene rings is 2. The second-order valence-corrected chi connectivity index (χ2v) is 8.81. The Kier molecular flexibility index (Phi) is 6.44. The van der Waals surface area contributed by atoms with E-state index in [9.17, 15) is 22.8 Å². The van der Waals surface area contributed by atoms with Gasteiger partial charge in [-0.1, -0.05) is 18.2 Å². The number of hydrogen-bond acceptors (Lipinski definition) is 7. The molecule has 2 aliphatic rings. The summed E-state index contributed by atoms with van der Waals surface area (Å²) in [6, 6.07) is 9.75. The molecule has 1 aromatic heterocycles. The van der Waals surface area contributed by atoms with Crippen molar-refractivity contribution >= 4 is 11.9 Å². The molecule has 0 radical (unpaired) electrons. The number of alkyl halides is 3. The quantitative estimate of drug-likeness (QED) is 0.480. The van der Waals surface area contributed by atoms with E-state index in [0.717, 1.165) is 17.3 Å². The fourth-order valence-corrected chi connectivity index (χ4v) is 4.53. The van der Waals surface area contributed by atoms with Gasteiger partial charge in [-0.05, 0) is 46.2 Å². The maximum atomic E-state index is 13.6. The number of esters is 1. The molecule has 0 atom stereocenters. The SMILES string of the molecule is O=C1OCc2cc(CCN3CCN(C(=O)Cc4ccc(-n5cnnn5)cc4)CC3)c(C(F)(F)F)cc21. The summed E-state index contributed by atoms with van der Waals surface area (Å²) >= 11 is 0. The van der Waals surface area contributed by atoms with Gasteiger partial charge in [0.25, 0.3) is 0 Å². The summed E-state index contributed by atoms with van der Waals surface area (Å²) in [5, 5.41) is 11.0. The predicted molar refractivity (Wildman–Crippen MR) is 120 cm³/mol. The lowest BCUT2D eigenvalue weighted by Gasteiger charge is -2.35. The van der Waals surface area contributed by atoms with Gasteiger partial charge in [-0.15, -0.1) is 5.10 Å². The molecule has 2 aromatic carbocycles. The largest absolute Gasteiger partial charge is 0.457 e. The molecular weight excluding hydrogens is 477 g/mol. The second-order valence-electron chi connectivity index (χ2n) is 8.81. The van der Waals surface area contributed by atoms with E-state index in [1.54, 1.807) is 4.90 Å². The van der Waals surface area contributed by atoms with Gasteiger partial charge < -0.3 is 9.64 Å². The van der Waals surface area contributed by atoms with E-state index < -0.39 is 17.7 Å². The number of aromatic nitrogens is 4. The summed E-state index contributed by atoms with van der Waals surface area (Å²) in [4.78, 5) is 28.3. The van der Waals surface area contributed by atoms with Crippen LogP contribution in [0.5, 0.6) is 0 Å². The van der Waals surface area contributed by atoms with Gasteiger partial charge >= 0.3 is 12.1 Å². The molecule has 36 heavy (non-hydrogen) atoms. The highest BCUT2D eigenvalue weighted by Crippen LogP contribution is 2.36. The molecule has 1 saturated heterocycles. The van der Waals surface area contributed by atoms with Crippen LogP contribution in [-0.4, -0.2) is 74.6 Å². The van der Waals surface area contributed by atoms with Crippen LogP contribution >= 0.6 is 0 Å². The van der Waals surface area contributed by atoms with E-state index >= 15 is 0 Å². The van der Waals surface area contributed by atoms with Crippen molar-refractivity contribution in [1.29, 1.82) is 0 Å². The smallest absolute Gasteiger partial charge is 0.416 e. The minimum atomic E-state index is -4.55. The molecule has 0 unspecified atom stereocenters. The first-order valence-corrected chi connectivity index (χ1v) is 11.5. The number of tetrazole rings is 1. The van der Waals surface area contributed by atoms with Crippen LogP contribution in [0.15, 0.2) is 42.7 Å². The van der Waals surface area contributed by atoms with Gasteiger partial charge in [0.15, 0.2) is 0 Å². The number of halogens is 3. The van der Waals surface area contributed by atoms with Gasteiger partial charge in [-0.2, -0.15) is 13.2 Å². The zero-order valence-corrected chi connectivity index (χ0v) is 19.2. The molecule has 188 valence electrons. The molecular formula is C24H23F3N6O3. The normalized spacial score (nSPS) is 16.2. The van der Waals surface area contributed by atoms with E-state index in [4.69, 9.17) is 4.74 Å². The number of nitrogens with zero attached hydrogens (tertiary/aromatic N) is 6. The molecule has 0 bridgehead atoms. The fraction of sp³-hybridized carbons (Fsp3) is 0.375. The molecule has 12 heteroatoms. The first-order chi connectivity index (χ1) is 17.3. The van der Waals surface area contributed by atoms with Gasteiger partial charge in [0, 0.05) is 38.3 Å². The molecule has 1 amide bonds. The number of rotatable bonds is 6. The van der Waals surface area contributed by atoms with Crippen molar-refractivity contribution in [3.05, 3.63) is 70.5 Å². The minimum Gasteiger partial charge on any atom is -0.457 e. The highest BCUT2D eigenvalue weighted by Gasteiger charge is 2.36. The molecule has 3 heterocycles. The average Bonchev–Trinajstić information content (AvgIpc) is 3.53. The van der Waals surface area contributed by atoms with Gasteiger partial charge in [0.1, 0.15) is 12.9 Å². The Hall–Kier alpha value is -3.80. The van der Waals surface area contributed by atoms with Crippen molar-refractivity contribution in [3.8, 4) is 5.69 Å². The highest BCUT2D eigenvalue weighted by molar-refractivity contribution is 5.93. The Morgan fingerprint density at radius 2 is 1.81 bits per heavy atom. The maximum Gasteiger partial charge on any atom is 0.416 e. The Labute approximate surface area is 204 Å². The van der Waals surface area contributed by atoms with E-state index in [1.165, 1.54) is 17.1 Å².